The highest BCUT2D eigenvalue weighted by molar-refractivity contribution is 7.15. The van der Waals surface area contributed by atoms with Gasteiger partial charge in [-0.05, 0) is 48.5 Å². The fourth-order valence-electron chi connectivity index (χ4n) is 6.55. The van der Waals surface area contributed by atoms with Crippen LogP contribution in [0.15, 0.2) is 104 Å². The van der Waals surface area contributed by atoms with Gasteiger partial charge in [-0.3, -0.25) is 23.8 Å². The Hall–Kier alpha value is -8.03. The summed E-state index contributed by atoms with van der Waals surface area (Å²) >= 11 is 2.29. The molecule has 0 aliphatic heterocycles. The zero-order valence-corrected chi connectivity index (χ0v) is 42.1. The second-order valence-electron chi connectivity index (χ2n) is 15.9. The molecular formula is C48H40F12N8O9S2. The summed E-state index contributed by atoms with van der Waals surface area (Å²) in [4.78, 5) is 48.5. The third-order valence-corrected chi connectivity index (χ3v) is 12.5. The summed E-state index contributed by atoms with van der Waals surface area (Å²) in [5.41, 5.74) is 5.34. The van der Waals surface area contributed by atoms with Crippen molar-refractivity contribution in [1.29, 1.82) is 0 Å². The van der Waals surface area contributed by atoms with E-state index in [9.17, 15) is 67.1 Å². The largest absolute Gasteiger partial charge is 0.496 e. The zero-order chi connectivity index (χ0) is 57.7. The number of nitrogens with one attached hydrogen (secondary N) is 3. The molecule has 0 fully saturated rings. The molecule has 4 aromatic carbocycles. The lowest BCUT2D eigenvalue weighted by molar-refractivity contribution is -0.138. The predicted molar refractivity (Wildman–Crippen MR) is 259 cm³/mol. The summed E-state index contributed by atoms with van der Waals surface area (Å²) in [6, 6.07) is 18.5. The number of nitrogens with zero attached hydrogens (tertiary/aromatic N) is 4. The summed E-state index contributed by atoms with van der Waals surface area (Å²) < 4.78 is 179. The number of benzene rings is 4. The van der Waals surface area contributed by atoms with Crippen LogP contribution in [0.2, 0.25) is 0 Å². The van der Waals surface area contributed by atoms with Crippen molar-refractivity contribution in [3.8, 4) is 66.9 Å². The first kappa shape index (κ1) is 60.2. The van der Waals surface area contributed by atoms with E-state index < -0.39 is 60.2 Å². The van der Waals surface area contributed by atoms with E-state index in [1.165, 1.54) is 38.5 Å². The maximum Gasteiger partial charge on any atom is 0.439 e. The lowest BCUT2D eigenvalue weighted by Crippen LogP contribution is -2.22. The molecule has 422 valence electrons. The average Bonchev–Trinajstić information content (AvgIpc) is 4.27. The molecule has 17 nitrogen and oxygen atoms in total. The lowest BCUT2D eigenvalue weighted by Gasteiger charge is -2.11. The molecule has 0 saturated heterocycles. The number of hydrogen-bond acceptors (Lipinski definition) is 17. The zero-order valence-electron chi connectivity index (χ0n) is 40.5. The van der Waals surface area contributed by atoms with Gasteiger partial charge in [0.1, 0.15) is 51.9 Å². The molecule has 0 spiro atoms. The second-order valence-corrected chi connectivity index (χ2v) is 18.0. The maximum absolute atomic E-state index is 12.9. The molecule has 79 heavy (non-hydrogen) atoms. The van der Waals surface area contributed by atoms with Crippen LogP contribution in [0.5, 0.6) is 23.0 Å². The van der Waals surface area contributed by atoms with Gasteiger partial charge in [-0.2, -0.15) is 52.7 Å². The van der Waals surface area contributed by atoms with E-state index in [2.05, 4.69) is 50.3 Å². The molecule has 4 aromatic heterocycles. The van der Waals surface area contributed by atoms with E-state index in [4.69, 9.17) is 18.9 Å². The van der Waals surface area contributed by atoms with Crippen LogP contribution in [-0.2, 0) is 32.1 Å². The SMILES string of the molecule is COc1cc(OCc2sc(-c3ccc(C(F)(F)F)cc3)nc2C=O)ccc1-c1noc(=O)[nH]1.COc1cc(OCc2sc(-c3ccc(C(F)(F)F)cc3)nc2CNCCC(F)(F)F)ccc1-c1noc(=O)[nH]1.NCCC(F)(F)F. The average molecular weight is 1170 g/mol. The minimum absolute atomic E-state index is 0.00430. The van der Waals surface area contributed by atoms with Crippen LogP contribution < -0.4 is 41.5 Å². The smallest absolute Gasteiger partial charge is 0.439 e. The molecule has 0 aliphatic carbocycles. The van der Waals surface area contributed by atoms with Gasteiger partial charge in [0, 0.05) is 42.9 Å². The minimum atomic E-state index is -4.49. The Balaban J connectivity index is 0.000000230. The standard InChI is InChI=1S/C24H20F6N4O4S.C21H14F3N3O5S.C3H6F3N/c1-36-18-10-15(6-7-16(18)20-33-22(35)38-34-20)37-12-19-17(11-31-9-8-23(25,26)27)32-21(39-19)13-2-4-14(5-3-13)24(28,29)30;1-30-16-8-13(6-7-14(16)18-26-20(29)32-27-18)31-10-17-15(9-28)25-19(33-17)11-2-4-12(5-3-11)21(22,23)24;4-3(5,6)1-2-7/h2-7,10,31H,8-9,11-12H2,1H3,(H,33,34,35);2-9H,10H2,1H3,(H,26,27,29);1-2,7H2. The molecule has 0 radical (unpaired) electrons. The van der Waals surface area contributed by atoms with Crippen molar-refractivity contribution >= 4 is 29.0 Å². The summed E-state index contributed by atoms with van der Waals surface area (Å²) in [5, 5.41) is 10.7. The minimum Gasteiger partial charge on any atom is -0.496 e. The number of halogens is 12. The first-order valence-electron chi connectivity index (χ1n) is 22.3. The number of carbonyl (C=O) groups is 1. The number of carbonyl (C=O) groups excluding carboxylic acids is 1. The first-order chi connectivity index (χ1) is 37.3. The van der Waals surface area contributed by atoms with Gasteiger partial charge in [0.25, 0.3) is 0 Å². The van der Waals surface area contributed by atoms with Crippen LogP contribution in [-0.4, -0.2) is 76.2 Å². The van der Waals surface area contributed by atoms with E-state index >= 15 is 0 Å². The summed E-state index contributed by atoms with van der Waals surface area (Å²) in [6.45, 7) is -0.690. The molecule has 8 aromatic rings. The van der Waals surface area contributed by atoms with E-state index in [0.717, 1.165) is 46.9 Å². The number of aromatic nitrogens is 6. The highest BCUT2D eigenvalue weighted by Gasteiger charge is 2.32. The molecule has 5 N–H and O–H groups in total. The van der Waals surface area contributed by atoms with Gasteiger partial charge in [0.05, 0.1) is 64.8 Å². The van der Waals surface area contributed by atoms with Crippen LogP contribution in [0.3, 0.4) is 0 Å². The van der Waals surface area contributed by atoms with Crippen molar-refractivity contribution < 1.29 is 85.5 Å². The van der Waals surface area contributed by atoms with Crippen molar-refractivity contribution in [2.75, 3.05) is 27.3 Å². The van der Waals surface area contributed by atoms with Gasteiger partial charge in [0.2, 0.25) is 0 Å². The summed E-state index contributed by atoms with van der Waals surface area (Å²) in [5.74, 6) is 0.350. The number of nitrogens with two attached hydrogens (primary N) is 1. The fourth-order valence-corrected chi connectivity index (χ4v) is 8.49. The van der Waals surface area contributed by atoms with Gasteiger partial charge < -0.3 is 30.0 Å². The Kier molecular flexibility index (Phi) is 19.9. The molecular weight excluding hydrogens is 1120 g/mol. The molecule has 0 aliphatic rings. The number of hydrogen-bond donors (Lipinski definition) is 4. The van der Waals surface area contributed by atoms with Crippen LogP contribution in [0.1, 0.15) is 49.9 Å². The predicted octanol–water partition coefficient (Wildman–Crippen LogP) is 11.3. The summed E-state index contributed by atoms with van der Waals surface area (Å²) in [7, 11) is 2.84. The molecule has 0 unspecified atom stereocenters. The van der Waals surface area contributed by atoms with Gasteiger partial charge in [-0.1, -0.05) is 34.6 Å². The van der Waals surface area contributed by atoms with Crippen molar-refractivity contribution in [3.05, 3.63) is 138 Å². The van der Waals surface area contributed by atoms with E-state index in [1.54, 1.807) is 36.4 Å². The van der Waals surface area contributed by atoms with Gasteiger partial charge in [-0.25, -0.2) is 19.6 Å². The van der Waals surface area contributed by atoms with Crippen molar-refractivity contribution in [2.24, 2.45) is 5.73 Å². The molecule has 0 atom stereocenters. The third kappa shape index (κ3) is 17.5. The van der Waals surface area contributed by atoms with E-state index in [0.29, 0.717) is 77.0 Å². The Morgan fingerprint density at radius 2 is 1.06 bits per heavy atom. The number of alkyl halides is 12. The van der Waals surface area contributed by atoms with E-state index in [-0.39, 0.29) is 50.2 Å². The Morgan fingerprint density at radius 3 is 1.44 bits per heavy atom. The number of methoxy groups -OCH3 is 2. The second kappa shape index (κ2) is 26.1. The highest BCUT2D eigenvalue weighted by Crippen LogP contribution is 2.37. The number of thiazole rings is 2. The summed E-state index contributed by atoms with van der Waals surface area (Å²) in [6.07, 6.45) is -18.7. The quantitative estimate of drug-likeness (QED) is 0.0355. The molecule has 0 amide bonds. The molecule has 0 bridgehead atoms. The van der Waals surface area contributed by atoms with Crippen molar-refractivity contribution in [3.63, 3.8) is 0 Å². The van der Waals surface area contributed by atoms with Crippen LogP contribution in [0.4, 0.5) is 52.7 Å². The van der Waals surface area contributed by atoms with Crippen molar-refractivity contribution in [1.82, 2.24) is 35.6 Å². The third-order valence-electron chi connectivity index (χ3n) is 10.3. The highest BCUT2D eigenvalue weighted by atomic mass is 32.1. The fraction of sp³-hybridized carbons (Fsp3) is 0.271. The normalized spacial score (nSPS) is 11.8. The number of aromatic amines is 2. The monoisotopic (exact) mass is 1160 g/mol. The Morgan fingerprint density at radius 1 is 0.620 bits per heavy atom. The van der Waals surface area contributed by atoms with Crippen LogP contribution >= 0.6 is 22.7 Å². The van der Waals surface area contributed by atoms with Gasteiger partial charge in [0.15, 0.2) is 17.9 Å². The van der Waals surface area contributed by atoms with Gasteiger partial charge in [-0.15, -0.1) is 22.7 Å². The maximum atomic E-state index is 12.9. The number of H-pyrrole nitrogens is 2. The molecule has 8 rings (SSSR count). The number of rotatable bonds is 18. The van der Waals surface area contributed by atoms with Crippen molar-refractivity contribution in [2.45, 2.75) is 57.3 Å². The van der Waals surface area contributed by atoms with Crippen LogP contribution in [0.25, 0.3) is 43.9 Å². The molecule has 4 heterocycles. The first-order valence-corrected chi connectivity index (χ1v) is 24.0. The lowest BCUT2D eigenvalue weighted by atomic mass is 10.1. The Labute approximate surface area is 444 Å². The topological polar surface area (TPSA) is 236 Å². The molecule has 31 heteroatoms. The molecule has 0 saturated carbocycles. The number of ether oxygens (including phenoxy) is 4. The van der Waals surface area contributed by atoms with Crippen LogP contribution in [0, 0.1) is 0 Å². The van der Waals surface area contributed by atoms with Gasteiger partial charge >= 0.3 is 36.2 Å². The Bertz CT molecular complexity index is 3380. The van der Waals surface area contributed by atoms with E-state index in [1.807, 2.05) is 0 Å². The number of aldehydes is 1.